The molecule has 1 aliphatic heterocycles. The molecule has 0 saturated carbocycles. The minimum Gasteiger partial charge on any atom is -0.492 e. The molecule has 1 aliphatic rings. The molecule has 1 atom stereocenters. The molecule has 17 heavy (non-hydrogen) atoms. The van der Waals surface area contributed by atoms with Crippen molar-refractivity contribution < 1.29 is 9.53 Å². The van der Waals surface area contributed by atoms with Gasteiger partial charge in [-0.2, -0.15) is 0 Å². The quantitative estimate of drug-likeness (QED) is 0.819. The zero-order valence-electron chi connectivity index (χ0n) is 10.0. The number of nitrogens with one attached hydrogen (secondary N) is 1. The second-order valence-corrected chi connectivity index (χ2v) is 4.35. The first kappa shape index (κ1) is 11.9. The van der Waals surface area contributed by atoms with Crippen LogP contribution in [0.25, 0.3) is 0 Å². The lowest BCUT2D eigenvalue weighted by Gasteiger charge is -2.26. The van der Waals surface area contributed by atoms with Crippen LogP contribution in [0, 0.1) is 0 Å². The number of carbonyl (C=O) groups is 1. The highest BCUT2D eigenvalue weighted by Gasteiger charge is 2.19. The molecule has 0 spiro atoms. The Hall–Kier alpha value is -1.55. The lowest BCUT2D eigenvalue weighted by Crippen LogP contribution is -2.39. The third-order valence-corrected chi connectivity index (χ3v) is 2.93. The van der Waals surface area contributed by atoms with Crippen LogP contribution in [0.3, 0.4) is 0 Å². The summed E-state index contributed by atoms with van der Waals surface area (Å²) in [5.41, 5.74) is 6.87. The van der Waals surface area contributed by atoms with Crippen LogP contribution < -0.4 is 15.8 Å². The van der Waals surface area contributed by atoms with Crippen LogP contribution >= 0.6 is 0 Å². The highest BCUT2D eigenvalue weighted by atomic mass is 16.5. The molecule has 0 bridgehead atoms. The molecule has 1 aromatic rings. The van der Waals surface area contributed by atoms with E-state index in [2.05, 4.69) is 12.2 Å². The molecule has 1 aromatic carbocycles. The van der Waals surface area contributed by atoms with E-state index >= 15 is 0 Å². The first-order valence-corrected chi connectivity index (χ1v) is 5.99. The molecule has 0 aromatic heterocycles. The van der Waals surface area contributed by atoms with Gasteiger partial charge in [0.1, 0.15) is 12.4 Å². The van der Waals surface area contributed by atoms with E-state index in [1.807, 2.05) is 12.1 Å². The maximum Gasteiger partial charge on any atom is 0.248 e. The molecule has 3 N–H and O–H groups in total. The summed E-state index contributed by atoms with van der Waals surface area (Å²) in [5, 5.41) is 3.42. The van der Waals surface area contributed by atoms with Crippen molar-refractivity contribution in [2.24, 2.45) is 5.73 Å². The summed E-state index contributed by atoms with van der Waals surface area (Å²) in [7, 11) is 0. The monoisotopic (exact) mass is 234 g/mol. The van der Waals surface area contributed by atoms with Gasteiger partial charge in [0.05, 0.1) is 0 Å². The molecule has 0 saturated heterocycles. The van der Waals surface area contributed by atoms with E-state index < -0.39 is 5.91 Å². The number of rotatable bonds is 4. The normalized spacial score (nSPS) is 18.3. The van der Waals surface area contributed by atoms with Crippen LogP contribution in [0.5, 0.6) is 5.75 Å². The Morgan fingerprint density at radius 2 is 2.41 bits per heavy atom. The number of fused-ring (bicyclic) bond motifs is 1. The highest BCUT2D eigenvalue weighted by Crippen LogP contribution is 2.25. The standard InChI is InChI=1S/C13H18N2O2/c1-2-5-15-11-7-10-6-9(13(14)16)3-4-12(10)17-8-11/h3-4,6,11,15H,2,5,7-8H2,1H3,(H2,14,16). The maximum absolute atomic E-state index is 11.1. The zero-order chi connectivity index (χ0) is 12.3. The molecule has 0 fully saturated rings. The van der Waals surface area contributed by atoms with Crippen molar-refractivity contribution >= 4 is 5.91 Å². The Labute approximate surface area is 101 Å². The fourth-order valence-corrected chi connectivity index (χ4v) is 2.03. The van der Waals surface area contributed by atoms with E-state index in [0.717, 1.165) is 30.7 Å². The summed E-state index contributed by atoms with van der Waals surface area (Å²) in [4.78, 5) is 11.1. The van der Waals surface area contributed by atoms with Crippen molar-refractivity contribution in [2.75, 3.05) is 13.2 Å². The van der Waals surface area contributed by atoms with Crippen LogP contribution in [-0.2, 0) is 6.42 Å². The van der Waals surface area contributed by atoms with Gasteiger partial charge in [0.15, 0.2) is 0 Å². The number of hydrogen-bond acceptors (Lipinski definition) is 3. The third-order valence-electron chi connectivity index (χ3n) is 2.93. The molecule has 0 aliphatic carbocycles. The molecule has 0 radical (unpaired) electrons. The average molecular weight is 234 g/mol. The molecule has 92 valence electrons. The number of benzene rings is 1. The van der Waals surface area contributed by atoms with Gasteiger partial charge < -0.3 is 15.8 Å². The van der Waals surface area contributed by atoms with Crippen molar-refractivity contribution in [3.05, 3.63) is 29.3 Å². The van der Waals surface area contributed by atoms with E-state index in [9.17, 15) is 4.79 Å². The molecular formula is C13H18N2O2. The van der Waals surface area contributed by atoms with Gasteiger partial charge in [0.2, 0.25) is 5.91 Å². The smallest absolute Gasteiger partial charge is 0.248 e. The number of carbonyl (C=O) groups excluding carboxylic acids is 1. The summed E-state index contributed by atoms with van der Waals surface area (Å²) in [6.45, 7) is 3.80. The number of amides is 1. The third kappa shape index (κ3) is 2.77. The lowest BCUT2D eigenvalue weighted by atomic mass is 10.00. The number of ether oxygens (including phenoxy) is 1. The zero-order valence-corrected chi connectivity index (χ0v) is 10.0. The van der Waals surface area contributed by atoms with Crippen LogP contribution in [0.1, 0.15) is 29.3 Å². The summed E-state index contributed by atoms with van der Waals surface area (Å²) in [5.74, 6) is 0.473. The minimum atomic E-state index is -0.392. The van der Waals surface area contributed by atoms with E-state index in [4.69, 9.17) is 10.5 Å². The second-order valence-electron chi connectivity index (χ2n) is 4.35. The Kier molecular flexibility index (Phi) is 3.64. The summed E-state index contributed by atoms with van der Waals surface area (Å²) < 4.78 is 5.65. The summed E-state index contributed by atoms with van der Waals surface area (Å²) in [6, 6.07) is 5.69. The van der Waals surface area contributed by atoms with E-state index in [1.54, 1.807) is 6.07 Å². The number of hydrogen-bond donors (Lipinski definition) is 2. The van der Waals surface area contributed by atoms with Crippen LogP contribution in [0.2, 0.25) is 0 Å². The van der Waals surface area contributed by atoms with Gasteiger partial charge in [-0.3, -0.25) is 4.79 Å². The number of primary amides is 1. The SMILES string of the molecule is CCCNC1COc2ccc(C(N)=O)cc2C1. The van der Waals surface area contributed by atoms with Crippen LogP contribution in [-0.4, -0.2) is 25.1 Å². The number of nitrogens with two attached hydrogens (primary N) is 1. The van der Waals surface area contributed by atoms with E-state index in [1.165, 1.54) is 0 Å². The average Bonchev–Trinajstić information content (AvgIpc) is 2.35. The van der Waals surface area contributed by atoms with Gasteiger partial charge >= 0.3 is 0 Å². The van der Waals surface area contributed by atoms with Gasteiger partial charge in [-0.05, 0) is 43.1 Å². The molecule has 1 heterocycles. The van der Waals surface area contributed by atoms with Crippen LogP contribution in [0.15, 0.2) is 18.2 Å². The van der Waals surface area contributed by atoms with Gasteiger partial charge in [-0.25, -0.2) is 0 Å². The van der Waals surface area contributed by atoms with Gasteiger partial charge in [-0.15, -0.1) is 0 Å². The Morgan fingerprint density at radius 3 is 3.12 bits per heavy atom. The predicted octanol–water partition coefficient (Wildman–Crippen LogP) is 1.09. The van der Waals surface area contributed by atoms with Gasteiger partial charge in [0, 0.05) is 11.6 Å². The second kappa shape index (κ2) is 5.19. The Balaban J connectivity index is 2.12. The molecule has 2 rings (SSSR count). The van der Waals surface area contributed by atoms with Crippen molar-refractivity contribution in [3.8, 4) is 5.75 Å². The lowest BCUT2D eigenvalue weighted by molar-refractivity contribution is 0.1000. The minimum absolute atomic E-state index is 0.325. The molecule has 4 heteroatoms. The first-order chi connectivity index (χ1) is 8.20. The van der Waals surface area contributed by atoms with Crippen molar-refractivity contribution in [1.82, 2.24) is 5.32 Å². The fourth-order valence-electron chi connectivity index (χ4n) is 2.03. The van der Waals surface area contributed by atoms with Gasteiger partial charge in [0.25, 0.3) is 0 Å². The predicted molar refractivity (Wildman–Crippen MR) is 66.2 cm³/mol. The Bertz CT molecular complexity index is 418. The topological polar surface area (TPSA) is 64.3 Å². The van der Waals surface area contributed by atoms with Crippen molar-refractivity contribution in [3.63, 3.8) is 0 Å². The molecule has 1 amide bonds. The fraction of sp³-hybridized carbons (Fsp3) is 0.462. The summed E-state index contributed by atoms with van der Waals surface area (Å²) in [6.07, 6.45) is 1.99. The largest absolute Gasteiger partial charge is 0.492 e. The van der Waals surface area contributed by atoms with Gasteiger partial charge in [-0.1, -0.05) is 6.92 Å². The summed E-state index contributed by atoms with van der Waals surface area (Å²) >= 11 is 0. The van der Waals surface area contributed by atoms with E-state index in [-0.39, 0.29) is 0 Å². The molecule has 4 nitrogen and oxygen atoms in total. The van der Waals surface area contributed by atoms with Crippen LogP contribution in [0.4, 0.5) is 0 Å². The van der Waals surface area contributed by atoms with Crippen molar-refractivity contribution in [2.45, 2.75) is 25.8 Å². The van der Waals surface area contributed by atoms with Crippen molar-refractivity contribution in [1.29, 1.82) is 0 Å². The Morgan fingerprint density at radius 1 is 1.59 bits per heavy atom. The maximum atomic E-state index is 11.1. The molecular weight excluding hydrogens is 216 g/mol. The first-order valence-electron chi connectivity index (χ1n) is 5.99. The molecule has 1 unspecified atom stereocenters. The van der Waals surface area contributed by atoms with E-state index in [0.29, 0.717) is 18.2 Å². The highest BCUT2D eigenvalue weighted by molar-refractivity contribution is 5.93.